The molecule has 0 aromatic heterocycles. The van der Waals surface area contributed by atoms with E-state index in [1.807, 2.05) is 0 Å². The van der Waals surface area contributed by atoms with E-state index in [4.69, 9.17) is 0 Å². The van der Waals surface area contributed by atoms with Crippen LogP contribution in [0.4, 0.5) is 0 Å². The van der Waals surface area contributed by atoms with Crippen LogP contribution in [-0.2, 0) is 15.0 Å². The van der Waals surface area contributed by atoms with Crippen LogP contribution in [0.15, 0.2) is 0 Å². The zero-order valence-electron chi connectivity index (χ0n) is 10.7. The quantitative estimate of drug-likeness (QED) is 0.750. The Morgan fingerprint density at radius 3 is 2.78 bits per heavy atom. The van der Waals surface area contributed by atoms with Crippen LogP contribution >= 0.6 is 0 Å². The van der Waals surface area contributed by atoms with E-state index in [0.717, 1.165) is 12.8 Å². The molecular weight excluding hydrogens is 254 g/mol. The van der Waals surface area contributed by atoms with Crippen LogP contribution in [0.5, 0.6) is 0 Å². The van der Waals surface area contributed by atoms with Gasteiger partial charge in [0.05, 0.1) is 0 Å². The van der Waals surface area contributed by atoms with Gasteiger partial charge >= 0.3 is 0 Å². The third kappa shape index (κ3) is 3.43. The molecule has 0 spiro atoms. The number of piperidine rings is 2. The van der Waals surface area contributed by atoms with Crippen molar-refractivity contribution in [2.45, 2.75) is 38.6 Å². The van der Waals surface area contributed by atoms with E-state index in [0.29, 0.717) is 38.4 Å². The fraction of sp³-hybridized carbons (Fsp3) is 0.909. The van der Waals surface area contributed by atoms with Gasteiger partial charge < -0.3 is 5.32 Å². The highest BCUT2D eigenvalue weighted by atomic mass is 32.2. The first-order valence-electron chi connectivity index (χ1n) is 6.51. The van der Waals surface area contributed by atoms with Gasteiger partial charge in [0.15, 0.2) is 0 Å². The van der Waals surface area contributed by atoms with Crippen LogP contribution in [0.3, 0.4) is 0 Å². The number of hydrogen-bond donors (Lipinski definition) is 2. The normalized spacial score (nSPS) is 31.1. The van der Waals surface area contributed by atoms with Gasteiger partial charge in [0.25, 0.3) is 10.2 Å². The minimum atomic E-state index is -3.40. The van der Waals surface area contributed by atoms with Crippen LogP contribution < -0.4 is 10.0 Å². The van der Waals surface area contributed by atoms with Crippen molar-refractivity contribution >= 4 is 16.1 Å². The van der Waals surface area contributed by atoms with Gasteiger partial charge in [0, 0.05) is 32.1 Å². The van der Waals surface area contributed by atoms with Crippen molar-refractivity contribution < 1.29 is 13.2 Å². The third-order valence-electron chi connectivity index (χ3n) is 3.54. The number of rotatable bonds is 3. The summed E-state index contributed by atoms with van der Waals surface area (Å²) in [6, 6.07) is -0.176. The number of carbonyl (C=O) groups excluding carboxylic acids is 1. The molecule has 2 unspecified atom stereocenters. The Kier molecular flexibility index (Phi) is 4.24. The topological polar surface area (TPSA) is 78.5 Å². The molecule has 6 nitrogen and oxygen atoms in total. The molecule has 2 saturated heterocycles. The Bertz CT molecular complexity index is 400. The van der Waals surface area contributed by atoms with E-state index >= 15 is 0 Å². The molecule has 2 aliphatic rings. The van der Waals surface area contributed by atoms with Gasteiger partial charge in [-0.05, 0) is 25.2 Å². The predicted octanol–water partition coefficient (Wildman–Crippen LogP) is -0.169. The Balaban J connectivity index is 1.92. The molecule has 0 saturated carbocycles. The molecule has 0 bridgehead atoms. The standard InChI is InChI=1S/C11H21N3O3S/c1-9-3-2-6-14(8-9)18(16,17)13-10-4-5-11(15)12-7-10/h9-10,13H,2-8H2,1H3,(H,12,15). The van der Waals surface area contributed by atoms with Gasteiger partial charge in [-0.25, -0.2) is 0 Å². The predicted molar refractivity (Wildman–Crippen MR) is 68.1 cm³/mol. The van der Waals surface area contributed by atoms with Crippen molar-refractivity contribution in [2.24, 2.45) is 5.92 Å². The lowest BCUT2D eigenvalue weighted by molar-refractivity contribution is -0.122. The molecule has 7 heteroatoms. The minimum Gasteiger partial charge on any atom is -0.355 e. The fourth-order valence-corrected chi connectivity index (χ4v) is 4.07. The van der Waals surface area contributed by atoms with Crippen molar-refractivity contribution in [3.63, 3.8) is 0 Å². The van der Waals surface area contributed by atoms with Gasteiger partial charge in [0.1, 0.15) is 0 Å². The number of amides is 1. The largest absolute Gasteiger partial charge is 0.355 e. The molecule has 1 amide bonds. The summed E-state index contributed by atoms with van der Waals surface area (Å²) in [4.78, 5) is 11.0. The average molecular weight is 275 g/mol. The Labute approximate surface area is 108 Å². The molecule has 0 radical (unpaired) electrons. The van der Waals surface area contributed by atoms with Gasteiger partial charge in [-0.1, -0.05) is 6.92 Å². The van der Waals surface area contributed by atoms with Crippen LogP contribution in [0.1, 0.15) is 32.6 Å². The Hall–Kier alpha value is -0.660. The molecule has 2 atom stereocenters. The van der Waals surface area contributed by atoms with E-state index in [2.05, 4.69) is 17.0 Å². The van der Waals surface area contributed by atoms with Crippen molar-refractivity contribution in [3.05, 3.63) is 0 Å². The summed E-state index contributed by atoms with van der Waals surface area (Å²) in [5, 5.41) is 2.68. The SMILES string of the molecule is CC1CCCN(S(=O)(=O)NC2CCC(=O)NC2)C1. The lowest BCUT2D eigenvalue weighted by Gasteiger charge is -2.32. The lowest BCUT2D eigenvalue weighted by atomic mass is 10.0. The van der Waals surface area contributed by atoms with E-state index < -0.39 is 10.2 Å². The summed E-state index contributed by atoms with van der Waals surface area (Å²) < 4.78 is 28.6. The molecule has 2 fully saturated rings. The van der Waals surface area contributed by atoms with Gasteiger partial charge in [-0.15, -0.1) is 0 Å². The molecule has 0 aromatic rings. The van der Waals surface area contributed by atoms with E-state index in [9.17, 15) is 13.2 Å². The molecule has 2 N–H and O–H groups in total. The highest BCUT2D eigenvalue weighted by Crippen LogP contribution is 2.18. The lowest BCUT2D eigenvalue weighted by Crippen LogP contribution is -2.53. The van der Waals surface area contributed by atoms with Crippen molar-refractivity contribution in [1.82, 2.24) is 14.3 Å². The monoisotopic (exact) mass is 275 g/mol. The first-order chi connectivity index (χ1) is 8.47. The summed E-state index contributed by atoms with van der Waals surface area (Å²) in [7, 11) is -3.40. The average Bonchev–Trinajstić information content (AvgIpc) is 2.32. The number of nitrogens with one attached hydrogen (secondary N) is 2. The summed E-state index contributed by atoms with van der Waals surface area (Å²) in [5.41, 5.74) is 0. The highest BCUT2D eigenvalue weighted by molar-refractivity contribution is 7.87. The molecule has 104 valence electrons. The first kappa shape index (κ1) is 13.8. The molecule has 18 heavy (non-hydrogen) atoms. The maximum absolute atomic E-state index is 12.2. The molecule has 2 aliphatic heterocycles. The van der Waals surface area contributed by atoms with Crippen molar-refractivity contribution in [2.75, 3.05) is 19.6 Å². The zero-order valence-corrected chi connectivity index (χ0v) is 11.5. The van der Waals surface area contributed by atoms with Gasteiger partial charge in [-0.2, -0.15) is 17.4 Å². The second-order valence-electron chi connectivity index (χ2n) is 5.27. The minimum absolute atomic E-state index is 0.00274. The number of carbonyl (C=O) groups is 1. The summed E-state index contributed by atoms with van der Waals surface area (Å²) in [6.45, 7) is 3.65. The number of hydrogen-bond acceptors (Lipinski definition) is 3. The summed E-state index contributed by atoms with van der Waals surface area (Å²) in [6.07, 6.45) is 2.98. The van der Waals surface area contributed by atoms with E-state index in [1.165, 1.54) is 4.31 Å². The Morgan fingerprint density at radius 2 is 2.17 bits per heavy atom. The molecule has 0 aliphatic carbocycles. The van der Waals surface area contributed by atoms with Gasteiger partial charge in [0.2, 0.25) is 5.91 Å². The maximum atomic E-state index is 12.2. The fourth-order valence-electron chi connectivity index (χ4n) is 2.48. The van der Waals surface area contributed by atoms with Gasteiger partial charge in [-0.3, -0.25) is 4.79 Å². The van der Waals surface area contributed by atoms with Crippen LogP contribution in [0.2, 0.25) is 0 Å². The third-order valence-corrected chi connectivity index (χ3v) is 5.18. The van der Waals surface area contributed by atoms with E-state index in [1.54, 1.807) is 0 Å². The van der Waals surface area contributed by atoms with Crippen molar-refractivity contribution in [1.29, 1.82) is 0 Å². The first-order valence-corrected chi connectivity index (χ1v) is 7.95. The van der Waals surface area contributed by atoms with Crippen molar-refractivity contribution in [3.8, 4) is 0 Å². The highest BCUT2D eigenvalue weighted by Gasteiger charge is 2.30. The summed E-state index contributed by atoms with van der Waals surface area (Å²) in [5.74, 6) is 0.415. The number of nitrogens with zero attached hydrogens (tertiary/aromatic N) is 1. The zero-order chi connectivity index (χ0) is 13.2. The molecule has 2 heterocycles. The summed E-state index contributed by atoms with van der Waals surface area (Å²) >= 11 is 0. The Morgan fingerprint density at radius 1 is 1.39 bits per heavy atom. The maximum Gasteiger partial charge on any atom is 0.279 e. The molecule has 2 rings (SSSR count). The van der Waals surface area contributed by atoms with Crippen LogP contribution in [-0.4, -0.2) is 44.3 Å². The molecule has 0 aromatic carbocycles. The second-order valence-corrected chi connectivity index (χ2v) is 6.97. The van der Waals surface area contributed by atoms with E-state index in [-0.39, 0.29) is 11.9 Å². The molecular formula is C11H21N3O3S. The smallest absolute Gasteiger partial charge is 0.279 e. The second kappa shape index (κ2) is 5.54. The van der Waals surface area contributed by atoms with Crippen LogP contribution in [0.25, 0.3) is 0 Å². The van der Waals surface area contributed by atoms with Crippen LogP contribution in [0, 0.1) is 5.92 Å².